The smallest absolute Gasteiger partial charge is 0.407 e. The number of hydrogen-bond acceptors (Lipinski definition) is 2. The third-order valence-electron chi connectivity index (χ3n) is 3.24. The number of alkyl carbamates (subject to hydrolysis) is 1. The summed E-state index contributed by atoms with van der Waals surface area (Å²) in [4.78, 5) is 11.5. The van der Waals surface area contributed by atoms with Crippen molar-refractivity contribution in [1.29, 1.82) is 0 Å². The summed E-state index contributed by atoms with van der Waals surface area (Å²) in [5.41, 5.74) is 1.18. The number of hydrogen-bond donors (Lipinski definition) is 1. The van der Waals surface area contributed by atoms with Crippen LogP contribution in [0, 0.1) is 11.3 Å². The third-order valence-corrected chi connectivity index (χ3v) is 3.24. The second-order valence-electron chi connectivity index (χ2n) is 5.71. The topological polar surface area (TPSA) is 38.3 Å². The highest BCUT2D eigenvalue weighted by molar-refractivity contribution is 5.67. The van der Waals surface area contributed by atoms with Crippen molar-refractivity contribution in [3.63, 3.8) is 0 Å². The lowest BCUT2D eigenvalue weighted by atomic mass is 9.82. The Balaban J connectivity index is 2.27. The largest absolute Gasteiger partial charge is 0.445 e. The number of nitrogens with one attached hydrogen (secondary N) is 1. The third kappa shape index (κ3) is 5.21. The molecule has 0 bridgehead atoms. The van der Waals surface area contributed by atoms with E-state index in [1.807, 2.05) is 30.3 Å². The van der Waals surface area contributed by atoms with E-state index < -0.39 is 0 Å². The minimum atomic E-state index is -0.352. The average Bonchev–Trinajstić information content (AvgIpc) is 2.33. The minimum Gasteiger partial charge on any atom is -0.445 e. The molecule has 0 aliphatic rings. The van der Waals surface area contributed by atoms with E-state index >= 15 is 0 Å². The molecule has 1 rings (SSSR count). The first kappa shape index (κ1) is 14.6. The van der Waals surface area contributed by atoms with Crippen LogP contribution in [-0.2, 0) is 11.3 Å². The van der Waals surface area contributed by atoms with Crippen molar-refractivity contribution >= 4 is 6.09 Å². The maximum Gasteiger partial charge on any atom is 0.407 e. The SMILES string of the molecule is CC(CNC(=O)OCc1ccccc1)C(C)(C)C. The molecule has 0 aliphatic heterocycles. The molecular formula is C15H23NO2. The molecular weight excluding hydrogens is 226 g/mol. The van der Waals surface area contributed by atoms with Gasteiger partial charge in [0.15, 0.2) is 0 Å². The fourth-order valence-corrected chi connectivity index (χ4v) is 1.32. The van der Waals surface area contributed by atoms with Crippen molar-refractivity contribution in [2.24, 2.45) is 11.3 Å². The van der Waals surface area contributed by atoms with Crippen molar-refractivity contribution in [2.45, 2.75) is 34.3 Å². The fraction of sp³-hybridized carbons (Fsp3) is 0.533. The normalized spacial score (nSPS) is 12.9. The molecule has 1 atom stereocenters. The first-order chi connectivity index (χ1) is 8.39. The Kier molecular flexibility index (Phi) is 5.20. The number of ether oxygens (including phenoxy) is 1. The lowest BCUT2D eigenvalue weighted by molar-refractivity contribution is 0.134. The molecule has 18 heavy (non-hydrogen) atoms. The van der Waals surface area contributed by atoms with E-state index in [0.717, 1.165) is 5.56 Å². The Morgan fingerprint density at radius 1 is 1.28 bits per heavy atom. The van der Waals surface area contributed by atoms with Crippen LogP contribution in [0.1, 0.15) is 33.3 Å². The number of carbonyl (C=O) groups is 1. The highest BCUT2D eigenvalue weighted by Crippen LogP contribution is 2.24. The molecule has 100 valence electrons. The standard InChI is InChI=1S/C15H23NO2/c1-12(15(2,3)4)10-16-14(17)18-11-13-8-6-5-7-9-13/h5-9,12H,10-11H2,1-4H3,(H,16,17). The van der Waals surface area contributed by atoms with Crippen LogP contribution in [0.5, 0.6) is 0 Å². The van der Waals surface area contributed by atoms with Gasteiger partial charge in [0, 0.05) is 6.54 Å². The van der Waals surface area contributed by atoms with Crippen LogP contribution in [-0.4, -0.2) is 12.6 Å². The molecule has 0 aromatic heterocycles. The lowest BCUT2D eigenvalue weighted by Crippen LogP contribution is -2.33. The van der Waals surface area contributed by atoms with E-state index in [2.05, 4.69) is 33.0 Å². The molecule has 0 fully saturated rings. The van der Waals surface area contributed by atoms with E-state index in [1.54, 1.807) is 0 Å². The summed E-state index contributed by atoms with van der Waals surface area (Å²) >= 11 is 0. The highest BCUT2D eigenvalue weighted by atomic mass is 16.5. The number of benzene rings is 1. The van der Waals surface area contributed by atoms with Crippen molar-refractivity contribution in [1.82, 2.24) is 5.32 Å². The molecule has 1 amide bonds. The summed E-state index contributed by atoms with van der Waals surface area (Å²) in [5, 5.41) is 2.80. The lowest BCUT2D eigenvalue weighted by Gasteiger charge is -2.27. The summed E-state index contributed by atoms with van der Waals surface area (Å²) in [6.07, 6.45) is -0.352. The van der Waals surface area contributed by atoms with E-state index in [-0.39, 0.29) is 11.5 Å². The zero-order chi connectivity index (χ0) is 13.6. The van der Waals surface area contributed by atoms with E-state index in [0.29, 0.717) is 19.1 Å². The number of carbonyl (C=O) groups excluding carboxylic acids is 1. The van der Waals surface area contributed by atoms with Crippen molar-refractivity contribution in [3.05, 3.63) is 35.9 Å². The summed E-state index contributed by atoms with van der Waals surface area (Å²) in [5.74, 6) is 0.404. The first-order valence-electron chi connectivity index (χ1n) is 6.34. The van der Waals surface area contributed by atoms with Crippen molar-refractivity contribution < 1.29 is 9.53 Å². The molecule has 0 radical (unpaired) electrons. The zero-order valence-electron chi connectivity index (χ0n) is 11.7. The van der Waals surface area contributed by atoms with E-state index in [9.17, 15) is 4.79 Å². The molecule has 1 aromatic carbocycles. The Bertz CT molecular complexity index is 368. The monoisotopic (exact) mass is 249 g/mol. The quantitative estimate of drug-likeness (QED) is 0.885. The van der Waals surface area contributed by atoms with Crippen molar-refractivity contribution in [3.8, 4) is 0 Å². The summed E-state index contributed by atoms with van der Waals surface area (Å²) in [7, 11) is 0. The van der Waals surface area contributed by atoms with Gasteiger partial charge in [0.1, 0.15) is 6.61 Å². The van der Waals surface area contributed by atoms with Crippen LogP contribution in [0.4, 0.5) is 4.79 Å². The van der Waals surface area contributed by atoms with Gasteiger partial charge in [0.05, 0.1) is 0 Å². The molecule has 3 nitrogen and oxygen atoms in total. The zero-order valence-corrected chi connectivity index (χ0v) is 11.7. The predicted octanol–water partition coefficient (Wildman–Crippen LogP) is 3.60. The van der Waals surface area contributed by atoms with E-state index in [4.69, 9.17) is 4.74 Å². The number of amides is 1. The van der Waals surface area contributed by atoms with Gasteiger partial charge in [-0.2, -0.15) is 0 Å². The van der Waals surface area contributed by atoms with Crippen LogP contribution < -0.4 is 5.32 Å². The minimum absolute atomic E-state index is 0.187. The van der Waals surface area contributed by atoms with Gasteiger partial charge in [0.2, 0.25) is 0 Å². The first-order valence-corrected chi connectivity index (χ1v) is 6.34. The fourth-order valence-electron chi connectivity index (χ4n) is 1.32. The molecule has 0 heterocycles. The van der Waals surface area contributed by atoms with Crippen LogP contribution in [0.2, 0.25) is 0 Å². The molecule has 1 N–H and O–H groups in total. The number of rotatable bonds is 4. The van der Waals surface area contributed by atoms with Gasteiger partial charge in [0.25, 0.3) is 0 Å². The Morgan fingerprint density at radius 2 is 1.89 bits per heavy atom. The van der Waals surface area contributed by atoms with Gasteiger partial charge in [-0.05, 0) is 16.9 Å². The van der Waals surface area contributed by atoms with Gasteiger partial charge in [-0.1, -0.05) is 58.0 Å². The van der Waals surface area contributed by atoms with Crippen LogP contribution in [0.25, 0.3) is 0 Å². The molecule has 0 saturated carbocycles. The van der Waals surface area contributed by atoms with Crippen LogP contribution >= 0.6 is 0 Å². The average molecular weight is 249 g/mol. The summed E-state index contributed by atoms with van der Waals surface area (Å²) < 4.78 is 5.14. The van der Waals surface area contributed by atoms with Gasteiger partial charge in [-0.3, -0.25) is 0 Å². The second-order valence-corrected chi connectivity index (χ2v) is 5.71. The maximum atomic E-state index is 11.5. The Hall–Kier alpha value is -1.51. The molecule has 1 aromatic rings. The molecule has 0 spiro atoms. The summed E-state index contributed by atoms with van der Waals surface area (Å²) in [6, 6.07) is 9.67. The van der Waals surface area contributed by atoms with Crippen molar-refractivity contribution in [2.75, 3.05) is 6.54 Å². The Labute approximate surface area is 110 Å². The second kappa shape index (κ2) is 6.43. The van der Waals surface area contributed by atoms with Crippen LogP contribution in [0.15, 0.2) is 30.3 Å². The molecule has 0 aliphatic carbocycles. The van der Waals surface area contributed by atoms with Gasteiger partial charge in [-0.15, -0.1) is 0 Å². The van der Waals surface area contributed by atoms with Gasteiger partial charge < -0.3 is 10.1 Å². The van der Waals surface area contributed by atoms with Gasteiger partial charge in [-0.25, -0.2) is 4.79 Å². The molecule has 1 unspecified atom stereocenters. The highest BCUT2D eigenvalue weighted by Gasteiger charge is 2.20. The maximum absolute atomic E-state index is 11.5. The van der Waals surface area contributed by atoms with Crippen LogP contribution in [0.3, 0.4) is 0 Å². The Morgan fingerprint density at radius 3 is 2.44 bits per heavy atom. The molecule has 0 saturated heterocycles. The van der Waals surface area contributed by atoms with E-state index in [1.165, 1.54) is 0 Å². The predicted molar refractivity (Wildman–Crippen MR) is 73.2 cm³/mol. The van der Waals surface area contributed by atoms with Gasteiger partial charge >= 0.3 is 6.09 Å². The summed E-state index contributed by atoms with van der Waals surface area (Å²) in [6.45, 7) is 9.56. The molecule has 3 heteroatoms.